The molecule has 2 amide bonds. The number of hydrogen-bond acceptors (Lipinski definition) is 4. The number of carboxylic acids is 1. The van der Waals surface area contributed by atoms with Gasteiger partial charge in [-0.05, 0) is 49.9 Å². The molecule has 1 fully saturated rings. The van der Waals surface area contributed by atoms with Gasteiger partial charge in [0.1, 0.15) is 5.75 Å². The number of nitrogens with zero attached hydrogens (tertiary/aromatic N) is 1. The van der Waals surface area contributed by atoms with Gasteiger partial charge < -0.3 is 20.1 Å². The Labute approximate surface area is 166 Å². The molecule has 2 rings (SSSR count). The van der Waals surface area contributed by atoms with E-state index in [1.165, 1.54) is 0 Å². The van der Waals surface area contributed by atoms with E-state index in [4.69, 9.17) is 9.84 Å². The highest BCUT2D eigenvalue weighted by Gasteiger charge is 2.30. The number of benzene rings is 1. The Morgan fingerprint density at radius 1 is 1.14 bits per heavy atom. The number of carbonyl (C=O) groups is 3. The van der Waals surface area contributed by atoms with Crippen molar-refractivity contribution < 1.29 is 24.2 Å². The van der Waals surface area contributed by atoms with Crippen LogP contribution in [0.2, 0.25) is 0 Å². The van der Waals surface area contributed by atoms with Gasteiger partial charge in [-0.3, -0.25) is 9.59 Å². The van der Waals surface area contributed by atoms with Crippen LogP contribution in [0.25, 0.3) is 0 Å². The quantitative estimate of drug-likeness (QED) is 0.805. The Morgan fingerprint density at radius 2 is 1.68 bits per heavy atom. The summed E-state index contributed by atoms with van der Waals surface area (Å²) in [6.45, 7) is 10.2. The summed E-state index contributed by atoms with van der Waals surface area (Å²) in [4.78, 5) is 37.6. The molecule has 0 spiro atoms. The van der Waals surface area contributed by atoms with E-state index in [2.05, 4.69) is 5.32 Å². The van der Waals surface area contributed by atoms with Crippen LogP contribution in [0, 0.1) is 19.3 Å². The first-order valence-electron chi connectivity index (χ1n) is 9.55. The molecule has 0 aromatic heterocycles. The summed E-state index contributed by atoms with van der Waals surface area (Å²) in [7, 11) is 0. The number of ether oxygens (including phenoxy) is 1. The molecule has 0 aliphatic carbocycles. The molecular weight excluding hydrogens is 360 g/mol. The molecule has 7 heteroatoms. The van der Waals surface area contributed by atoms with Crippen LogP contribution in [0.15, 0.2) is 12.1 Å². The van der Waals surface area contributed by atoms with Crippen molar-refractivity contribution in [3.8, 4) is 5.75 Å². The van der Waals surface area contributed by atoms with E-state index >= 15 is 0 Å². The number of rotatable bonds is 5. The lowest BCUT2D eigenvalue weighted by Crippen LogP contribution is -2.49. The van der Waals surface area contributed by atoms with Crippen molar-refractivity contribution in [2.75, 3.05) is 19.7 Å². The third-order valence-corrected chi connectivity index (χ3v) is 4.82. The van der Waals surface area contributed by atoms with Gasteiger partial charge >= 0.3 is 5.97 Å². The fraction of sp³-hybridized carbons (Fsp3) is 0.571. The second-order valence-electron chi connectivity index (χ2n) is 8.41. The van der Waals surface area contributed by atoms with Crippen molar-refractivity contribution >= 4 is 17.8 Å². The van der Waals surface area contributed by atoms with Gasteiger partial charge in [0.2, 0.25) is 5.91 Å². The second kappa shape index (κ2) is 8.63. The van der Waals surface area contributed by atoms with Crippen LogP contribution in [-0.4, -0.2) is 53.5 Å². The summed E-state index contributed by atoms with van der Waals surface area (Å²) in [6, 6.07) is 3.44. The molecule has 1 aromatic rings. The number of piperidine rings is 1. The number of aliphatic carboxylic acids is 1. The Hall–Kier alpha value is -2.57. The maximum Gasteiger partial charge on any atom is 0.341 e. The molecule has 1 aromatic carbocycles. The summed E-state index contributed by atoms with van der Waals surface area (Å²) in [5.74, 6) is -0.582. The third kappa shape index (κ3) is 5.47. The highest BCUT2D eigenvalue weighted by atomic mass is 16.5. The molecule has 1 heterocycles. The molecule has 1 saturated heterocycles. The van der Waals surface area contributed by atoms with Crippen molar-refractivity contribution in [1.29, 1.82) is 0 Å². The number of carbonyl (C=O) groups excluding carboxylic acids is 2. The van der Waals surface area contributed by atoms with E-state index in [-0.39, 0.29) is 17.9 Å². The summed E-state index contributed by atoms with van der Waals surface area (Å²) >= 11 is 0. The molecule has 7 nitrogen and oxygen atoms in total. The average Bonchev–Trinajstić information content (AvgIpc) is 2.59. The van der Waals surface area contributed by atoms with Crippen LogP contribution in [-0.2, 0) is 9.59 Å². The molecular formula is C21H30N2O5. The van der Waals surface area contributed by atoms with Gasteiger partial charge in [-0.15, -0.1) is 0 Å². The number of likely N-dealkylation sites (tertiary alicyclic amines) is 1. The fourth-order valence-corrected chi connectivity index (χ4v) is 3.41. The van der Waals surface area contributed by atoms with E-state index in [0.29, 0.717) is 24.4 Å². The monoisotopic (exact) mass is 390 g/mol. The van der Waals surface area contributed by atoms with Gasteiger partial charge in [0.15, 0.2) is 6.61 Å². The van der Waals surface area contributed by atoms with Crippen molar-refractivity contribution in [1.82, 2.24) is 10.2 Å². The second-order valence-corrected chi connectivity index (χ2v) is 8.41. The minimum absolute atomic E-state index is 0.0278. The van der Waals surface area contributed by atoms with E-state index in [1.54, 1.807) is 26.0 Å². The predicted octanol–water partition coefficient (Wildman–Crippen LogP) is 2.53. The number of hydrogen-bond donors (Lipinski definition) is 2. The summed E-state index contributed by atoms with van der Waals surface area (Å²) in [5, 5.41) is 11.8. The Morgan fingerprint density at radius 3 is 2.14 bits per heavy atom. The number of amides is 2. The molecule has 0 radical (unpaired) electrons. The van der Waals surface area contributed by atoms with Gasteiger partial charge in [0.25, 0.3) is 5.91 Å². The average molecular weight is 390 g/mol. The number of carboxylic acid groups (broad SMARTS) is 1. The van der Waals surface area contributed by atoms with E-state index < -0.39 is 18.0 Å². The van der Waals surface area contributed by atoms with Gasteiger partial charge in [-0.25, -0.2) is 4.79 Å². The van der Waals surface area contributed by atoms with Crippen molar-refractivity contribution in [3.05, 3.63) is 28.8 Å². The van der Waals surface area contributed by atoms with E-state index in [0.717, 1.165) is 24.0 Å². The number of aryl methyl sites for hydroxylation is 2. The SMILES string of the molecule is Cc1cc(C(=O)NC2CCN(C(=O)C(C)(C)C)CC2)cc(C)c1OCC(=O)O. The first kappa shape index (κ1) is 21.7. The molecule has 28 heavy (non-hydrogen) atoms. The highest BCUT2D eigenvalue weighted by molar-refractivity contribution is 5.95. The van der Waals surface area contributed by atoms with E-state index in [9.17, 15) is 14.4 Å². The van der Waals surface area contributed by atoms with Crippen LogP contribution < -0.4 is 10.1 Å². The maximum atomic E-state index is 12.6. The first-order chi connectivity index (χ1) is 13.0. The lowest BCUT2D eigenvalue weighted by Gasteiger charge is -2.36. The predicted molar refractivity (Wildman–Crippen MR) is 106 cm³/mol. The molecule has 0 bridgehead atoms. The Kier molecular flexibility index (Phi) is 6.69. The minimum atomic E-state index is -1.04. The van der Waals surface area contributed by atoms with Gasteiger partial charge in [0.05, 0.1) is 0 Å². The fourth-order valence-electron chi connectivity index (χ4n) is 3.41. The highest BCUT2D eigenvalue weighted by Crippen LogP contribution is 2.25. The zero-order chi connectivity index (χ0) is 21.1. The van der Waals surface area contributed by atoms with Gasteiger partial charge in [-0.2, -0.15) is 0 Å². The largest absolute Gasteiger partial charge is 0.481 e. The number of nitrogens with one attached hydrogen (secondary N) is 1. The van der Waals surface area contributed by atoms with E-state index in [1.807, 2.05) is 25.7 Å². The first-order valence-corrected chi connectivity index (χ1v) is 9.55. The standard InChI is InChI=1S/C21H30N2O5/c1-13-10-15(11-14(2)18(13)28-12-17(24)25)19(26)22-16-6-8-23(9-7-16)20(27)21(3,4)5/h10-11,16H,6-9,12H2,1-5H3,(H,22,26)(H,24,25). The molecule has 2 N–H and O–H groups in total. The lowest BCUT2D eigenvalue weighted by atomic mass is 9.93. The van der Waals surface area contributed by atoms with Gasteiger partial charge in [-0.1, -0.05) is 20.8 Å². The van der Waals surface area contributed by atoms with Crippen LogP contribution in [0.1, 0.15) is 55.1 Å². The third-order valence-electron chi connectivity index (χ3n) is 4.82. The summed E-state index contributed by atoms with van der Waals surface area (Å²) in [5.41, 5.74) is 1.56. The summed E-state index contributed by atoms with van der Waals surface area (Å²) in [6.07, 6.45) is 1.46. The molecule has 1 aliphatic heterocycles. The zero-order valence-electron chi connectivity index (χ0n) is 17.3. The normalized spacial score (nSPS) is 15.2. The Bertz CT molecular complexity index is 736. The van der Waals surface area contributed by atoms with Gasteiger partial charge in [0, 0.05) is 30.1 Å². The molecule has 0 saturated carbocycles. The van der Waals surface area contributed by atoms with Crippen molar-refractivity contribution in [3.63, 3.8) is 0 Å². The maximum absolute atomic E-state index is 12.6. The van der Waals surface area contributed by atoms with Crippen LogP contribution in [0.3, 0.4) is 0 Å². The smallest absolute Gasteiger partial charge is 0.341 e. The zero-order valence-corrected chi connectivity index (χ0v) is 17.3. The molecule has 154 valence electrons. The summed E-state index contributed by atoms with van der Waals surface area (Å²) < 4.78 is 5.31. The van der Waals surface area contributed by atoms with Crippen LogP contribution >= 0.6 is 0 Å². The molecule has 0 unspecified atom stereocenters. The Balaban J connectivity index is 1.97. The molecule has 1 aliphatic rings. The van der Waals surface area contributed by atoms with Crippen LogP contribution in [0.5, 0.6) is 5.75 Å². The van der Waals surface area contributed by atoms with Crippen molar-refractivity contribution in [2.24, 2.45) is 5.41 Å². The topological polar surface area (TPSA) is 95.9 Å². The van der Waals surface area contributed by atoms with Crippen molar-refractivity contribution in [2.45, 2.75) is 53.5 Å². The minimum Gasteiger partial charge on any atom is -0.481 e. The van der Waals surface area contributed by atoms with Crippen LogP contribution in [0.4, 0.5) is 0 Å². The lowest BCUT2D eigenvalue weighted by molar-refractivity contribution is -0.140. The molecule has 0 atom stereocenters.